The first-order valence-corrected chi connectivity index (χ1v) is 3.31. The Hall–Kier alpha value is -0.200. The van der Waals surface area contributed by atoms with Gasteiger partial charge < -0.3 is 25.5 Å². The van der Waals surface area contributed by atoms with E-state index < -0.39 is 17.7 Å². The summed E-state index contributed by atoms with van der Waals surface area (Å²) in [6.45, 7) is 2.27. The van der Waals surface area contributed by atoms with Gasteiger partial charge in [0.25, 0.3) is 0 Å². The molecule has 1 atom stereocenters. The second-order valence-corrected chi connectivity index (χ2v) is 2.67. The van der Waals surface area contributed by atoms with Gasteiger partial charge >= 0.3 is 0 Å². The Morgan fingerprint density at radius 1 is 1.18 bits per heavy atom. The predicted octanol–water partition coefficient (Wildman–Crippen LogP) is -1.86. The molecule has 0 aromatic carbocycles. The molecule has 0 spiro atoms. The lowest BCUT2D eigenvalue weighted by molar-refractivity contribution is -0.376. The van der Waals surface area contributed by atoms with Gasteiger partial charge in [-0.2, -0.15) is 0 Å². The first-order chi connectivity index (χ1) is 4.73. The average molecular weight is 166 g/mol. The topological polar surface area (TPSA) is 101 Å². The molecule has 0 aromatic rings. The van der Waals surface area contributed by atoms with Crippen molar-refractivity contribution in [3.8, 4) is 0 Å². The normalized spacial score (nSPS) is 16.6. The van der Waals surface area contributed by atoms with E-state index in [0.717, 1.165) is 6.92 Å². The van der Waals surface area contributed by atoms with Crippen LogP contribution >= 0.6 is 0 Å². The Morgan fingerprint density at radius 2 is 1.55 bits per heavy atom. The molecule has 0 saturated heterocycles. The molecule has 0 amide bonds. The SMILES string of the molecule is CCC(O)C(O)(O)C(C)(O)O. The van der Waals surface area contributed by atoms with E-state index in [1.165, 1.54) is 6.92 Å². The molecular weight excluding hydrogens is 152 g/mol. The molecule has 0 saturated carbocycles. The third kappa shape index (κ3) is 2.11. The van der Waals surface area contributed by atoms with Crippen molar-refractivity contribution in [1.82, 2.24) is 0 Å². The van der Waals surface area contributed by atoms with Gasteiger partial charge in [-0.15, -0.1) is 0 Å². The smallest absolute Gasteiger partial charge is 0.244 e. The van der Waals surface area contributed by atoms with Crippen LogP contribution in [0.2, 0.25) is 0 Å². The zero-order valence-electron chi connectivity index (χ0n) is 6.52. The molecule has 5 heteroatoms. The Kier molecular flexibility index (Phi) is 2.98. The van der Waals surface area contributed by atoms with E-state index in [-0.39, 0.29) is 6.42 Å². The lowest BCUT2D eigenvalue weighted by Crippen LogP contribution is -2.59. The second kappa shape index (κ2) is 3.04. The summed E-state index contributed by atoms with van der Waals surface area (Å²) < 4.78 is 0. The maximum Gasteiger partial charge on any atom is 0.244 e. The lowest BCUT2D eigenvalue weighted by Gasteiger charge is -2.35. The highest BCUT2D eigenvalue weighted by molar-refractivity contribution is 4.84. The molecule has 0 aliphatic carbocycles. The van der Waals surface area contributed by atoms with Crippen molar-refractivity contribution in [1.29, 1.82) is 0 Å². The fourth-order valence-corrected chi connectivity index (χ4v) is 0.600. The molecule has 1 unspecified atom stereocenters. The van der Waals surface area contributed by atoms with E-state index in [1.54, 1.807) is 0 Å². The van der Waals surface area contributed by atoms with Gasteiger partial charge in [0, 0.05) is 0 Å². The highest BCUT2D eigenvalue weighted by Crippen LogP contribution is 2.21. The van der Waals surface area contributed by atoms with Crippen LogP contribution in [0.1, 0.15) is 20.3 Å². The molecule has 68 valence electrons. The largest absolute Gasteiger partial charge is 0.387 e. The second-order valence-electron chi connectivity index (χ2n) is 2.67. The van der Waals surface area contributed by atoms with Gasteiger partial charge in [-0.05, 0) is 13.3 Å². The number of aliphatic hydroxyl groups is 5. The van der Waals surface area contributed by atoms with E-state index in [0.29, 0.717) is 0 Å². The van der Waals surface area contributed by atoms with E-state index in [9.17, 15) is 0 Å². The summed E-state index contributed by atoms with van der Waals surface area (Å²) in [7, 11) is 0. The van der Waals surface area contributed by atoms with E-state index in [1.807, 2.05) is 0 Å². The van der Waals surface area contributed by atoms with Crippen LogP contribution in [0.25, 0.3) is 0 Å². The molecule has 0 fully saturated rings. The van der Waals surface area contributed by atoms with Crippen LogP contribution in [0.4, 0.5) is 0 Å². The van der Waals surface area contributed by atoms with Gasteiger partial charge in [0.2, 0.25) is 11.6 Å². The van der Waals surface area contributed by atoms with E-state index >= 15 is 0 Å². The number of hydrogen-bond acceptors (Lipinski definition) is 5. The summed E-state index contributed by atoms with van der Waals surface area (Å²) >= 11 is 0. The monoisotopic (exact) mass is 166 g/mol. The Balaban J connectivity index is 4.45. The Morgan fingerprint density at radius 3 is 1.64 bits per heavy atom. The molecule has 0 aliphatic heterocycles. The van der Waals surface area contributed by atoms with Gasteiger partial charge in [0.05, 0.1) is 0 Å². The Bertz CT molecular complexity index is 125. The van der Waals surface area contributed by atoms with Crippen LogP contribution in [-0.2, 0) is 0 Å². The quantitative estimate of drug-likeness (QED) is 0.316. The minimum absolute atomic E-state index is 0.0176. The van der Waals surface area contributed by atoms with E-state index in [2.05, 4.69) is 0 Å². The highest BCUT2D eigenvalue weighted by atomic mass is 16.6. The molecular formula is C6H14O5. The van der Waals surface area contributed by atoms with Crippen molar-refractivity contribution >= 4 is 0 Å². The van der Waals surface area contributed by atoms with Gasteiger partial charge in [-0.25, -0.2) is 0 Å². The lowest BCUT2D eigenvalue weighted by atomic mass is 10.00. The molecule has 5 nitrogen and oxygen atoms in total. The zero-order valence-corrected chi connectivity index (χ0v) is 6.52. The molecule has 0 aromatic heterocycles. The maximum atomic E-state index is 8.93. The molecule has 0 aliphatic rings. The third-order valence-electron chi connectivity index (χ3n) is 1.55. The van der Waals surface area contributed by atoms with Crippen molar-refractivity contribution in [3.63, 3.8) is 0 Å². The standard InChI is InChI=1S/C6H14O5/c1-3-4(7)6(10,11)5(2,8)9/h4,7-11H,3H2,1-2H3. The van der Waals surface area contributed by atoms with Gasteiger partial charge in [0.15, 0.2) is 0 Å². The summed E-state index contributed by atoms with van der Waals surface area (Å²) in [6, 6.07) is 0. The van der Waals surface area contributed by atoms with Gasteiger partial charge in [-0.3, -0.25) is 0 Å². The van der Waals surface area contributed by atoms with Crippen molar-refractivity contribution < 1.29 is 25.5 Å². The van der Waals surface area contributed by atoms with Crippen molar-refractivity contribution in [2.45, 2.75) is 37.9 Å². The van der Waals surface area contributed by atoms with Crippen LogP contribution in [0.15, 0.2) is 0 Å². The molecule has 5 N–H and O–H groups in total. The summed E-state index contributed by atoms with van der Waals surface area (Å²) in [5.74, 6) is -5.61. The van der Waals surface area contributed by atoms with Gasteiger partial charge in [0.1, 0.15) is 6.10 Å². The van der Waals surface area contributed by atoms with Crippen molar-refractivity contribution in [2.75, 3.05) is 0 Å². The average Bonchev–Trinajstić information content (AvgIpc) is 1.83. The summed E-state index contributed by atoms with van der Waals surface area (Å²) in [4.78, 5) is 0. The van der Waals surface area contributed by atoms with Crippen LogP contribution in [-0.4, -0.2) is 43.2 Å². The summed E-state index contributed by atoms with van der Waals surface area (Å²) in [5.41, 5.74) is 0. The van der Waals surface area contributed by atoms with Crippen molar-refractivity contribution in [2.24, 2.45) is 0 Å². The number of aliphatic hydroxyl groups excluding tert-OH is 1. The van der Waals surface area contributed by atoms with E-state index in [4.69, 9.17) is 25.5 Å². The Labute approximate surface area is 64.5 Å². The van der Waals surface area contributed by atoms with Crippen LogP contribution in [0.3, 0.4) is 0 Å². The van der Waals surface area contributed by atoms with Crippen LogP contribution in [0, 0.1) is 0 Å². The fraction of sp³-hybridized carbons (Fsp3) is 1.00. The first kappa shape index (κ1) is 10.8. The third-order valence-corrected chi connectivity index (χ3v) is 1.55. The minimum atomic E-state index is -2.89. The first-order valence-electron chi connectivity index (χ1n) is 3.31. The molecule has 0 heterocycles. The number of rotatable bonds is 3. The summed E-state index contributed by atoms with van der Waals surface area (Å²) in [6.07, 6.45) is -1.56. The van der Waals surface area contributed by atoms with Gasteiger partial charge in [-0.1, -0.05) is 6.92 Å². The molecule has 11 heavy (non-hydrogen) atoms. The molecule has 0 rings (SSSR count). The highest BCUT2D eigenvalue weighted by Gasteiger charge is 2.48. The van der Waals surface area contributed by atoms with Crippen molar-refractivity contribution in [3.05, 3.63) is 0 Å². The zero-order chi connectivity index (χ0) is 9.28. The predicted molar refractivity (Wildman–Crippen MR) is 36.3 cm³/mol. The maximum absolute atomic E-state index is 8.93. The molecule has 0 radical (unpaired) electrons. The minimum Gasteiger partial charge on any atom is -0.387 e. The molecule has 0 bridgehead atoms. The van der Waals surface area contributed by atoms with Crippen LogP contribution < -0.4 is 0 Å². The van der Waals surface area contributed by atoms with Crippen LogP contribution in [0.5, 0.6) is 0 Å². The fourth-order valence-electron chi connectivity index (χ4n) is 0.600. The summed E-state index contributed by atoms with van der Waals surface area (Å²) in [5, 5.41) is 44.2. The number of hydrogen-bond donors (Lipinski definition) is 5.